The third-order valence-corrected chi connectivity index (χ3v) is 6.35. The van der Waals surface area contributed by atoms with Crippen LogP contribution in [0.4, 0.5) is 8.78 Å². The van der Waals surface area contributed by atoms with Gasteiger partial charge in [-0.2, -0.15) is 0 Å². The first-order valence-corrected chi connectivity index (χ1v) is 11.9. The molecule has 1 fully saturated rings. The Morgan fingerprint density at radius 1 is 0.938 bits per heavy atom. The number of rotatable bonds is 10. The zero-order valence-corrected chi connectivity index (χ0v) is 19.2. The number of carbonyl (C=O) groups excluding carboxylic acids is 1. The molecular formula is C27H34F2O3. The number of hydrogen-bond donors (Lipinski definition) is 0. The monoisotopic (exact) mass is 444 g/mol. The summed E-state index contributed by atoms with van der Waals surface area (Å²) >= 11 is 0. The topological polar surface area (TPSA) is 35.5 Å². The molecule has 5 heteroatoms. The first-order valence-electron chi connectivity index (χ1n) is 11.9. The summed E-state index contributed by atoms with van der Waals surface area (Å²) in [4.78, 5) is 11.7. The maximum Gasteiger partial charge on any atom is 0.305 e. The highest BCUT2D eigenvalue weighted by molar-refractivity contribution is 5.69. The minimum atomic E-state index is -0.412. The van der Waals surface area contributed by atoms with Gasteiger partial charge < -0.3 is 9.47 Å². The molecule has 0 radical (unpaired) electrons. The van der Waals surface area contributed by atoms with Gasteiger partial charge in [0.2, 0.25) is 0 Å². The highest BCUT2D eigenvalue weighted by atomic mass is 19.1. The molecule has 32 heavy (non-hydrogen) atoms. The van der Waals surface area contributed by atoms with Crippen LogP contribution in [0.5, 0.6) is 5.75 Å². The summed E-state index contributed by atoms with van der Waals surface area (Å²) in [7, 11) is 0. The summed E-state index contributed by atoms with van der Waals surface area (Å²) in [6.45, 7) is 5.04. The Bertz CT molecular complexity index is 871. The van der Waals surface area contributed by atoms with Gasteiger partial charge in [0.25, 0.3) is 0 Å². The van der Waals surface area contributed by atoms with Crippen molar-refractivity contribution >= 4 is 5.97 Å². The van der Waals surface area contributed by atoms with Crippen molar-refractivity contribution in [2.45, 2.75) is 65.2 Å². The number of halogens is 2. The summed E-state index contributed by atoms with van der Waals surface area (Å²) in [5.41, 5.74) is 1.28. The average Bonchev–Trinajstić information content (AvgIpc) is 2.82. The highest BCUT2D eigenvalue weighted by Crippen LogP contribution is 2.31. The van der Waals surface area contributed by atoms with Crippen LogP contribution in [0, 0.1) is 23.5 Å². The lowest BCUT2D eigenvalue weighted by molar-refractivity contribution is -0.145. The summed E-state index contributed by atoms with van der Waals surface area (Å²) in [5.74, 6) is 0.789. The molecule has 2 aromatic carbocycles. The molecule has 0 N–H and O–H groups in total. The molecule has 1 aliphatic rings. The first kappa shape index (κ1) is 24.2. The fourth-order valence-electron chi connectivity index (χ4n) is 4.19. The summed E-state index contributed by atoms with van der Waals surface area (Å²) < 4.78 is 39.8. The Morgan fingerprint density at radius 2 is 1.59 bits per heavy atom. The molecule has 0 unspecified atom stereocenters. The molecule has 0 aliphatic heterocycles. The van der Waals surface area contributed by atoms with Gasteiger partial charge >= 0.3 is 5.97 Å². The molecule has 3 rings (SSSR count). The van der Waals surface area contributed by atoms with E-state index in [9.17, 15) is 13.6 Å². The molecule has 0 heterocycles. The number of unbranched alkanes of at least 4 members (excludes halogenated alkanes) is 1. The molecule has 0 bridgehead atoms. The number of hydrogen-bond acceptors (Lipinski definition) is 3. The van der Waals surface area contributed by atoms with Crippen LogP contribution in [-0.4, -0.2) is 19.2 Å². The van der Waals surface area contributed by atoms with E-state index in [4.69, 9.17) is 9.47 Å². The predicted molar refractivity (Wildman–Crippen MR) is 123 cm³/mol. The van der Waals surface area contributed by atoms with E-state index in [1.165, 1.54) is 12.1 Å². The lowest BCUT2D eigenvalue weighted by Crippen LogP contribution is -2.23. The van der Waals surface area contributed by atoms with Crippen LogP contribution in [0.3, 0.4) is 0 Å². The number of esters is 1. The quantitative estimate of drug-likeness (QED) is 0.366. The molecule has 1 saturated carbocycles. The van der Waals surface area contributed by atoms with Gasteiger partial charge in [0.05, 0.1) is 13.2 Å². The third kappa shape index (κ3) is 6.78. The number of aryl methyl sites for hydroxylation is 1. The Morgan fingerprint density at radius 3 is 2.22 bits per heavy atom. The zero-order chi connectivity index (χ0) is 22.9. The van der Waals surface area contributed by atoms with Crippen molar-refractivity contribution in [1.29, 1.82) is 0 Å². The van der Waals surface area contributed by atoms with E-state index in [0.29, 0.717) is 49.0 Å². The van der Waals surface area contributed by atoms with E-state index < -0.39 is 5.82 Å². The lowest BCUT2D eigenvalue weighted by atomic mass is 9.83. The maximum atomic E-state index is 14.4. The largest absolute Gasteiger partial charge is 0.493 e. The fraction of sp³-hybridized carbons (Fsp3) is 0.519. The van der Waals surface area contributed by atoms with Gasteiger partial charge in [-0.05, 0) is 85.8 Å². The minimum Gasteiger partial charge on any atom is -0.493 e. The van der Waals surface area contributed by atoms with E-state index in [2.05, 4.69) is 6.92 Å². The molecule has 0 amide bonds. The van der Waals surface area contributed by atoms with Gasteiger partial charge in [-0.3, -0.25) is 4.79 Å². The van der Waals surface area contributed by atoms with Crippen molar-refractivity contribution in [1.82, 2.24) is 0 Å². The Labute approximate surface area is 190 Å². The smallest absolute Gasteiger partial charge is 0.305 e. The van der Waals surface area contributed by atoms with Gasteiger partial charge in [0.1, 0.15) is 17.4 Å². The van der Waals surface area contributed by atoms with Crippen molar-refractivity contribution in [2.75, 3.05) is 13.2 Å². The van der Waals surface area contributed by atoms with Gasteiger partial charge in [0.15, 0.2) is 0 Å². The van der Waals surface area contributed by atoms with Crippen LogP contribution in [0.1, 0.15) is 64.4 Å². The SMILES string of the molecule is CCCCC(=O)OCC1CCC(COc2ccc(-c3cc(F)c(CC)cc3F)cc2)CC1. The van der Waals surface area contributed by atoms with Crippen LogP contribution >= 0.6 is 0 Å². The standard InChI is InChI=1S/C27H34F2O3/c1-3-5-6-27(30)32-18-20-9-7-19(8-10-20)17-31-23-13-11-22(12-14-23)24-16-25(28)21(4-2)15-26(24)29/h11-16,19-20H,3-10,17-18H2,1-2H3. The second-order valence-electron chi connectivity index (χ2n) is 8.79. The second kappa shape index (κ2) is 12.0. The molecule has 0 aromatic heterocycles. The molecule has 1 aliphatic carbocycles. The predicted octanol–water partition coefficient (Wildman–Crippen LogP) is 7.11. The second-order valence-corrected chi connectivity index (χ2v) is 8.79. The molecule has 3 nitrogen and oxygen atoms in total. The van der Waals surface area contributed by atoms with E-state index in [0.717, 1.165) is 44.3 Å². The Hall–Kier alpha value is -2.43. The zero-order valence-electron chi connectivity index (χ0n) is 19.2. The van der Waals surface area contributed by atoms with Crippen LogP contribution in [0.2, 0.25) is 0 Å². The van der Waals surface area contributed by atoms with Crippen LogP contribution in [0.25, 0.3) is 11.1 Å². The minimum absolute atomic E-state index is 0.0790. The van der Waals surface area contributed by atoms with Crippen molar-refractivity contribution in [3.8, 4) is 16.9 Å². The van der Waals surface area contributed by atoms with Crippen LogP contribution in [0.15, 0.2) is 36.4 Å². The summed E-state index contributed by atoms with van der Waals surface area (Å²) in [6.07, 6.45) is 7.09. The van der Waals surface area contributed by atoms with Crippen molar-refractivity contribution < 1.29 is 23.0 Å². The van der Waals surface area contributed by atoms with Gasteiger partial charge in [-0.1, -0.05) is 32.4 Å². The lowest BCUT2D eigenvalue weighted by Gasteiger charge is -2.28. The van der Waals surface area contributed by atoms with Crippen LogP contribution < -0.4 is 4.74 Å². The van der Waals surface area contributed by atoms with Crippen LogP contribution in [-0.2, 0) is 16.0 Å². The first-order chi connectivity index (χ1) is 15.5. The molecule has 174 valence electrons. The highest BCUT2D eigenvalue weighted by Gasteiger charge is 2.23. The van der Waals surface area contributed by atoms with E-state index in [-0.39, 0.29) is 17.3 Å². The van der Waals surface area contributed by atoms with Crippen molar-refractivity contribution in [3.05, 3.63) is 53.6 Å². The summed E-state index contributed by atoms with van der Waals surface area (Å²) in [5, 5.41) is 0. The molecule has 0 atom stereocenters. The Kier molecular flexibility index (Phi) is 9.07. The summed E-state index contributed by atoms with van der Waals surface area (Å²) in [6, 6.07) is 9.69. The van der Waals surface area contributed by atoms with Crippen molar-refractivity contribution in [3.63, 3.8) is 0 Å². The van der Waals surface area contributed by atoms with Gasteiger partial charge in [-0.25, -0.2) is 8.78 Å². The third-order valence-electron chi connectivity index (χ3n) is 6.35. The average molecular weight is 445 g/mol. The number of carbonyl (C=O) groups is 1. The molecular weight excluding hydrogens is 410 g/mol. The van der Waals surface area contributed by atoms with Crippen molar-refractivity contribution in [2.24, 2.45) is 11.8 Å². The molecule has 2 aromatic rings. The normalized spacial score (nSPS) is 18.4. The maximum absolute atomic E-state index is 14.4. The van der Waals surface area contributed by atoms with Gasteiger partial charge in [0, 0.05) is 12.0 Å². The molecule has 0 saturated heterocycles. The number of ether oxygens (including phenoxy) is 2. The van der Waals surface area contributed by atoms with E-state index >= 15 is 0 Å². The fourth-order valence-corrected chi connectivity index (χ4v) is 4.19. The van der Waals surface area contributed by atoms with Gasteiger partial charge in [-0.15, -0.1) is 0 Å². The van der Waals surface area contributed by atoms with E-state index in [1.807, 2.05) is 12.1 Å². The molecule has 0 spiro atoms. The van der Waals surface area contributed by atoms with E-state index in [1.54, 1.807) is 19.1 Å². The Balaban J connectivity index is 1.44. The number of benzene rings is 2.